The monoisotopic (exact) mass is 287 g/mol. The molecule has 90 valence electrons. The first-order valence-electron chi connectivity index (χ1n) is 5.21. The van der Waals surface area contributed by atoms with Crippen LogP contribution in [0, 0.1) is 0 Å². The minimum Gasteiger partial charge on any atom is -0.392 e. The van der Waals surface area contributed by atoms with Crippen LogP contribution >= 0.6 is 15.9 Å². The summed E-state index contributed by atoms with van der Waals surface area (Å²) in [6, 6.07) is 6.26. The number of rotatable bonds is 5. The molecule has 0 amide bonds. The Labute approximate surface area is 105 Å². The van der Waals surface area contributed by atoms with Crippen molar-refractivity contribution >= 4 is 21.6 Å². The van der Waals surface area contributed by atoms with Gasteiger partial charge in [0.1, 0.15) is 0 Å². The van der Waals surface area contributed by atoms with Crippen molar-refractivity contribution in [2.75, 3.05) is 25.7 Å². The molecule has 0 fully saturated rings. The van der Waals surface area contributed by atoms with Gasteiger partial charge in [-0.1, -0.05) is 22.0 Å². The van der Waals surface area contributed by atoms with Crippen LogP contribution < -0.4 is 4.90 Å². The zero-order valence-corrected chi connectivity index (χ0v) is 11.5. The third-order valence-electron chi connectivity index (χ3n) is 2.68. The first kappa shape index (κ1) is 13.5. The van der Waals surface area contributed by atoms with E-state index < -0.39 is 0 Å². The summed E-state index contributed by atoms with van der Waals surface area (Å²) < 4.78 is 6.06. The smallest absolute Gasteiger partial charge is 0.0692 e. The molecule has 0 spiro atoms. The Morgan fingerprint density at radius 1 is 1.50 bits per heavy atom. The second kappa shape index (κ2) is 6.23. The lowest BCUT2D eigenvalue weighted by Crippen LogP contribution is -2.32. The van der Waals surface area contributed by atoms with Gasteiger partial charge in [-0.25, -0.2) is 0 Å². The standard InChI is InChI=1S/C12H18BrNO2/c1-9(8-16-3)14(2)11-5-4-10(7-15)12(13)6-11/h4-6,9,15H,7-8H2,1-3H3. The third-order valence-corrected chi connectivity index (χ3v) is 3.42. The normalized spacial score (nSPS) is 12.6. The summed E-state index contributed by atoms with van der Waals surface area (Å²) in [5.74, 6) is 0. The molecule has 4 heteroatoms. The molecule has 1 atom stereocenters. The zero-order valence-electron chi connectivity index (χ0n) is 9.90. The molecule has 0 saturated heterocycles. The summed E-state index contributed by atoms with van der Waals surface area (Å²) in [6.45, 7) is 2.85. The number of methoxy groups -OCH3 is 1. The lowest BCUT2D eigenvalue weighted by molar-refractivity contribution is 0.183. The van der Waals surface area contributed by atoms with E-state index in [4.69, 9.17) is 9.84 Å². The Morgan fingerprint density at radius 2 is 2.19 bits per heavy atom. The van der Waals surface area contributed by atoms with Crippen LogP contribution in [0.5, 0.6) is 0 Å². The summed E-state index contributed by atoms with van der Waals surface area (Å²) in [5, 5.41) is 9.08. The van der Waals surface area contributed by atoms with E-state index in [1.165, 1.54) is 0 Å². The highest BCUT2D eigenvalue weighted by Crippen LogP contribution is 2.24. The number of likely N-dealkylation sites (N-methyl/N-ethyl adjacent to an activating group) is 1. The minimum atomic E-state index is 0.0538. The first-order chi connectivity index (χ1) is 7.60. The van der Waals surface area contributed by atoms with Crippen LogP contribution in [-0.4, -0.2) is 31.9 Å². The van der Waals surface area contributed by atoms with Crippen molar-refractivity contribution in [3.05, 3.63) is 28.2 Å². The van der Waals surface area contributed by atoms with Gasteiger partial charge in [0, 0.05) is 30.4 Å². The number of anilines is 1. The van der Waals surface area contributed by atoms with Crippen LogP contribution in [0.3, 0.4) is 0 Å². The van der Waals surface area contributed by atoms with Gasteiger partial charge >= 0.3 is 0 Å². The molecule has 1 N–H and O–H groups in total. The van der Waals surface area contributed by atoms with Crippen LogP contribution in [0.4, 0.5) is 5.69 Å². The van der Waals surface area contributed by atoms with Gasteiger partial charge in [0.15, 0.2) is 0 Å². The largest absolute Gasteiger partial charge is 0.392 e. The fourth-order valence-corrected chi connectivity index (χ4v) is 1.98. The third kappa shape index (κ3) is 3.20. The van der Waals surface area contributed by atoms with E-state index in [0.717, 1.165) is 15.7 Å². The van der Waals surface area contributed by atoms with Crippen LogP contribution in [-0.2, 0) is 11.3 Å². The topological polar surface area (TPSA) is 32.7 Å². The molecule has 0 heterocycles. The van der Waals surface area contributed by atoms with Crippen molar-refractivity contribution in [1.29, 1.82) is 0 Å². The van der Waals surface area contributed by atoms with Gasteiger partial charge in [0.25, 0.3) is 0 Å². The number of halogens is 1. The average molecular weight is 288 g/mol. The van der Waals surface area contributed by atoms with Gasteiger partial charge in [-0.2, -0.15) is 0 Å². The predicted octanol–water partition coefficient (Wildman–Crippen LogP) is 2.41. The second-order valence-electron chi connectivity index (χ2n) is 3.85. The summed E-state index contributed by atoms with van der Waals surface area (Å²) in [4.78, 5) is 2.15. The summed E-state index contributed by atoms with van der Waals surface area (Å²) >= 11 is 3.45. The predicted molar refractivity (Wildman–Crippen MR) is 69.8 cm³/mol. The molecule has 1 unspecified atom stereocenters. The van der Waals surface area contributed by atoms with Crippen molar-refractivity contribution < 1.29 is 9.84 Å². The Kier molecular flexibility index (Phi) is 5.25. The van der Waals surface area contributed by atoms with Gasteiger partial charge in [-0.15, -0.1) is 0 Å². The molecule has 0 saturated carbocycles. The molecule has 1 rings (SSSR count). The molecule has 1 aromatic rings. The highest BCUT2D eigenvalue weighted by Gasteiger charge is 2.10. The summed E-state index contributed by atoms with van der Waals surface area (Å²) in [5.41, 5.74) is 2.00. The lowest BCUT2D eigenvalue weighted by Gasteiger charge is -2.26. The molecule has 1 aromatic carbocycles. The highest BCUT2D eigenvalue weighted by atomic mass is 79.9. The van der Waals surface area contributed by atoms with E-state index in [1.54, 1.807) is 7.11 Å². The molecule has 16 heavy (non-hydrogen) atoms. The van der Waals surface area contributed by atoms with Gasteiger partial charge in [-0.3, -0.25) is 0 Å². The van der Waals surface area contributed by atoms with Crippen molar-refractivity contribution in [2.24, 2.45) is 0 Å². The van der Waals surface area contributed by atoms with E-state index >= 15 is 0 Å². The molecule has 0 aromatic heterocycles. The Morgan fingerprint density at radius 3 is 2.69 bits per heavy atom. The number of hydrogen-bond acceptors (Lipinski definition) is 3. The number of nitrogens with zero attached hydrogens (tertiary/aromatic N) is 1. The lowest BCUT2D eigenvalue weighted by atomic mass is 10.2. The van der Waals surface area contributed by atoms with Gasteiger partial charge in [0.2, 0.25) is 0 Å². The van der Waals surface area contributed by atoms with E-state index in [0.29, 0.717) is 12.6 Å². The van der Waals surface area contributed by atoms with Crippen molar-refractivity contribution in [1.82, 2.24) is 0 Å². The first-order valence-corrected chi connectivity index (χ1v) is 6.00. The molecular formula is C12H18BrNO2. The average Bonchev–Trinajstić information content (AvgIpc) is 2.28. The van der Waals surface area contributed by atoms with Gasteiger partial charge < -0.3 is 14.7 Å². The summed E-state index contributed by atoms with van der Waals surface area (Å²) in [7, 11) is 3.74. The number of aliphatic hydroxyl groups is 1. The molecular weight excluding hydrogens is 270 g/mol. The SMILES string of the molecule is COCC(C)N(C)c1ccc(CO)c(Br)c1. The Hall–Kier alpha value is -0.580. The fourth-order valence-electron chi connectivity index (χ4n) is 1.49. The zero-order chi connectivity index (χ0) is 12.1. The van der Waals surface area contributed by atoms with Crippen LogP contribution in [0.15, 0.2) is 22.7 Å². The van der Waals surface area contributed by atoms with E-state index in [9.17, 15) is 0 Å². The summed E-state index contributed by atoms with van der Waals surface area (Å²) in [6.07, 6.45) is 0. The van der Waals surface area contributed by atoms with Crippen LogP contribution in [0.1, 0.15) is 12.5 Å². The van der Waals surface area contributed by atoms with Crippen molar-refractivity contribution in [2.45, 2.75) is 19.6 Å². The molecule has 0 aliphatic carbocycles. The number of benzene rings is 1. The molecule has 0 aliphatic heterocycles. The van der Waals surface area contributed by atoms with Gasteiger partial charge in [-0.05, 0) is 24.6 Å². The molecule has 3 nitrogen and oxygen atoms in total. The quantitative estimate of drug-likeness (QED) is 0.903. The molecule has 0 radical (unpaired) electrons. The maximum Gasteiger partial charge on any atom is 0.0692 e. The maximum atomic E-state index is 9.08. The van der Waals surface area contributed by atoms with E-state index in [1.807, 2.05) is 25.2 Å². The minimum absolute atomic E-state index is 0.0538. The Balaban J connectivity index is 2.84. The Bertz CT molecular complexity index is 344. The van der Waals surface area contributed by atoms with E-state index in [-0.39, 0.29) is 6.61 Å². The van der Waals surface area contributed by atoms with Crippen molar-refractivity contribution in [3.8, 4) is 0 Å². The maximum absolute atomic E-state index is 9.08. The van der Waals surface area contributed by atoms with Crippen molar-refractivity contribution in [3.63, 3.8) is 0 Å². The highest BCUT2D eigenvalue weighted by molar-refractivity contribution is 9.10. The van der Waals surface area contributed by atoms with Gasteiger partial charge in [0.05, 0.1) is 13.2 Å². The number of ether oxygens (including phenoxy) is 1. The second-order valence-corrected chi connectivity index (χ2v) is 4.70. The number of hydrogen-bond donors (Lipinski definition) is 1. The number of aliphatic hydroxyl groups excluding tert-OH is 1. The van der Waals surface area contributed by atoms with E-state index in [2.05, 4.69) is 27.8 Å². The fraction of sp³-hybridized carbons (Fsp3) is 0.500. The molecule has 0 aliphatic rings. The molecule has 0 bridgehead atoms. The van der Waals surface area contributed by atoms with Crippen LogP contribution in [0.25, 0.3) is 0 Å². The van der Waals surface area contributed by atoms with Crippen LogP contribution in [0.2, 0.25) is 0 Å².